The molecule has 2 rings (SSSR count). The normalized spacial score (nSPS) is 15.7. The third kappa shape index (κ3) is 4.98. The zero-order valence-corrected chi connectivity index (χ0v) is 15.0. The second kappa shape index (κ2) is 8.37. The number of piperazine rings is 1. The van der Waals surface area contributed by atoms with Gasteiger partial charge in [-0.2, -0.15) is 0 Å². The largest absolute Gasteiger partial charge is 0.368 e. The Hall–Kier alpha value is -1.52. The summed E-state index contributed by atoms with van der Waals surface area (Å²) >= 11 is 6.31. The molecule has 0 atom stereocenters. The SMILES string of the molecule is CCc1ccc(N2CCN(C(=O)/C=C/CN(C)C)CC2)cc1Cl. The maximum atomic E-state index is 12.1. The smallest absolute Gasteiger partial charge is 0.246 e. The van der Waals surface area contributed by atoms with Gasteiger partial charge in [0.05, 0.1) is 0 Å². The Morgan fingerprint density at radius 1 is 1.26 bits per heavy atom. The number of hydrogen-bond acceptors (Lipinski definition) is 3. The number of amides is 1. The Morgan fingerprint density at radius 2 is 1.96 bits per heavy atom. The predicted octanol–water partition coefficient (Wildman–Crippen LogP) is 2.67. The number of halogens is 1. The number of anilines is 1. The fourth-order valence-electron chi connectivity index (χ4n) is 2.67. The Balaban J connectivity index is 1.89. The van der Waals surface area contributed by atoms with Crippen LogP contribution in [0.4, 0.5) is 5.69 Å². The van der Waals surface area contributed by atoms with Crippen LogP contribution in [0.3, 0.4) is 0 Å². The van der Waals surface area contributed by atoms with Crippen molar-refractivity contribution >= 4 is 23.2 Å². The molecule has 0 aliphatic carbocycles. The third-order valence-electron chi connectivity index (χ3n) is 4.11. The van der Waals surface area contributed by atoms with Gasteiger partial charge in [-0.15, -0.1) is 0 Å². The Morgan fingerprint density at radius 3 is 2.52 bits per heavy atom. The van der Waals surface area contributed by atoms with Gasteiger partial charge in [0.1, 0.15) is 0 Å². The summed E-state index contributed by atoms with van der Waals surface area (Å²) in [5, 5.41) is 0.829. The van der Waals surface area contributed by atoms with Crippen LogP contribution in [-0.4, -0.2) is 62.5 Å². The molecule has 23 heavy (non-hydrogen) atoms. The molecule has 0 radical (unpaired) electrons. The third-order valence-corrected chi connectivity index (χ3v) is 4.46. The Bertz CT molecular complexity index is 563. The molecule has 1 aliphatic rings. The number of aryl methyl sites for hydroxylation is 1. The van der Waals surface area contributed by atoms with Crippen LogP contribution in [0.25, 0.3) is 0 Å². The number of carbonyl (C=O) groups is 1. The van der Waals surface area contributed by atoms with E-state index < -0.39 is 0 Å². The van der Waals surface area contributed by atoms with Crippen molar-refractivity contribution < 1.29 is 4.79 Å². The first-order valence-corrected chi connectivity index (χ1v) is 8.52. The quantitative estimate of drug-likeness (QED) is 0.774. The Labute approximate surface area is 144 Å². The number of hydrogen-bond donors (Lipinski definition) is 0. The van der Waals surface area contributed by atoms with Crippen molar-refractivity contribution in [2.45, 2.75) is 13.3 Å². The second-order valence-electron chi connectivity index (χ2n) is 6.11. The highest BCUT2D eigenvalue weighted by molar-refractivity contribution is 6.31. The number of rotatable bonds is 5. The van der Waals surface area contributed by atoms with Gasteiger partial charge in [-0.1, -0.05) is 30.7 Å². The minimum absolute atomic E-state index is 0.103. The van der Waals surface area contributed by atoms with Crippen molar-refractivity contribution in [1.29, 1.82) is 0 Å². The summed E-state index contributed by atoms with van der Waals surface area (Å²) in [6, 6.07) is 6.26. The molecule has 4 nitrogen and oxygen atoms in total. The lowest BCUT2D eigenvalue weighted by Crippen LogP contribution is -2.48. The molecule has 1 saturated heterocycles. The van der Waals surface area contributed by atoms with Crippen LogP contribution < -0.4 is 4.90 Å². The van der Waals surface area contributed by atoms with E-state index in [0.717, 1.165) is 49.9 Å². The average Bonchev–Trinajstić information content (AvgIpc) is 2.54. The summed E-state index contributed by atoms with van der Waals surface area (Å²) in [4.78, 5) is 18.4. The van der Waals surface area contributed by atoms with Gasteiger partial charge in [-0.25, -0.2) is 0 Å². The van der Waals surface area contributed by atoms with Crippen LogP contribution in [0.2, 0.25) is 5.02 Å². The van der Waals surface area contributed by atoms with E-state index in [2.05, 4.69) is 24.0 Å². The van der Waals surface area contributed by atoms with Crippen molar-refractivity contribution in [2.75, 3.05) is 51.7 Å². The summed E-state index contributed by atoms with van der Waals surface area (Å²) in [6.07, 6.45) is 4.54. The number of likely N-dealkylation sites (N-methyl/N-ethyl adjacent to an activating group) is 1. The molecule has 0 N–H and O–H groups in total. The number of carbonyl (C=O) groups excluding carboxylic acids is 1. The van der Waals surface area contributed by atoms with Crippen LogP contribution in [0.15, 0.2) is 30.4 Å². The van der Waals surface area contributed by atoms with E-state index in [1.807, 2.05) is 36.0 Å². The van der Waals surface area contributed by atoms with E-state index in [0.29, 0.717) is 0 Å². The van der Waals surface area contributed by atoms with Crippen LogP contribution in [0.5, 0.6) is 0 Å². The van der Waals surface area contributed by atoms with Gasteiger partial charge in [-0.3, -0.25) is 4.79 Å². The molecule has 1 amide bonds. The van der Waals surface area contributed by atoms with Gasteiger partial charge in [0, 0.05) is 49.5 Å². The molecule has 126 valence electrons. The summed E-state index contributed by atoms with van der Waals surface area (Å²) in [5.41, 5.74) is 2.32. The van der Waals surface area contributed by atoms with Gasteiger partial charge >= 0.3 is 0 Å². The zero-order chi connectivity index (χ0) is 16.8. The van der Waals surface area contributed by atoms with Crippen molar-refractivity contribution in [2.24, 2.45) is 0 Å². The average molecular weight is 336 g/mol. The molecule has 1 fully saturated rings. The van der Waals surface area contributed by atoms with Gasteiger partial charge < -0.3 is 14.7 Å². The number of nitrogens with zero attached hydrogens (tertiary/aromatic N) is 3. The molecule has 0 aromatic heterocycles. The topological polar surface area (TPSA) is 26.8 Å². The van der Waals surface area contributed by atoms with Gasteiger partial charge in [-0.05, 0) is 38.2 Å². The summed E-state index contributed by atoms with van der Waals surface area (Å²) < 4.78 is 0. The first-order chi connectivity index (χ1) is 11.0. The van der Waals surface area contributed by atoms with Gasteiger partial charge in [0.15, 0.2) is 0 Å². The van der Waals surface area contributed by atoms with Crippen LogP contribution >= 0.6 is 11.6 Å². The fourth-order valence-corrected chi connectivity index (χ4v) is 2.98. The van der Waals surface area contributed by atoms with Gasteiger partial charge in [0.25, 0.3) is 0 Å². The summed E-state index contributed by atoms with van der Waals surface area (Å²) in [7, 11) is 3.98. The Kier molecular flexibility index (Phi) is 6.48. The predicted molar refractivity (Wildman–Crippen MR) is 97.3 cm³/mol. The summed E-state index contributed by atoms with van der Waals surface area (Å²) in [5.74, 6) is 0.103. The molecular formula is C18H26ClN3O. The highest BCUT2D eigenvalue weighted by Crippen LogP contribution is 2.25. The molecule has 0 unspecified atom stereocenters. The molecular weight excluding hydrogens is 310 g/mol. The van der Waals surface area contributed by atoms with Gasteiger partial charge in [0.2, 0.25) is 5.91 Å². The van der Waals surface area contributed by atoms with Crippen LogP contribution in [0.1, 0.15) is 12.5 Å². The van der Waals surface area contributed by atoms with E-state index in [9.17, 15) is 4.79 Å². The lowest BCUT2D eigenvalue weighted by molar-refractivity contribution is -0.126. The monoisotopic (exact) mass is 335 g/mol. The first-order valence-electron chi connectivity index (χ1n) is 8.14. The van der Waals surface area contributed by atoms with E-state index in [-0.39, 0.29) is 5.91 Å². The molecule has 1 heterocycles. The minimum Gasteiger partial charge on any atom is -0.368 e. The molecule has 1 aromatic carbocycles. The second-order valence-corrected chi connectivity index (χ2v) is 6.51. The van der Waals surface area contributed by atoms with Crippen molar-refractivity contribution in [3.63, 3.8) is 0 Å². The zero-order valence-electron chi connectivity index (χ0n) is 14.3. The molecule has 0 spiro atoms. The fraction of sp³-hybridized carbons (Fsp3) is 0.500. The molecule has 1 aliphatic heterocycles. The number of benzene rings is 1. The van der Waals surface area contributed by atoms with Crippen LogP contribution in [-0.2, 0) is 11.2 Å². The molecule has 0 bridgehead atoms. The molecule has 0 saturated carbocycles. The minimum atomic E-state index is 0.103. The maximum Gasteiger partial charge on any atom is 0.246 e. The standard InChI is InChI=1S/C18H26ClN3O/c1-4-15-7-8-16(14-17(15)19)21-10-12-22(13-11-21)18(23)6-5-9-20(2)3/h5-8,14H,4,9-13H2,1-3H3/b6-5+. The van der Waals surface area contributed by atoms with E-state index in [4.69, 9.17) is 11.6 Å². The molecule has 1 aromatic rings. The van der Waals surface area contributed by atoms with Crippen LogP contribution in [0, 0.1) is 0 Å². The van der Waals surface area contributed by atoms with Crippen molar-refractivity contribution in [3.05, 3.63) is 40.9 Å². The highest BCUT2D eigenvalue weighted by atomic mass is 35.5. The molecule has 5 heteroatoms. The lowest BCUT2D eigenvalue weighted by Gasteiger charge is -2.35. The summed E-state index contributed by atoms with van der Waals surface area (Å²) in [6.45, 7) is 6.07. The van der Waals surface area contributed by atoms with Crippen molar-refractivity contribution in [1.82, 2.24) is 9.80 Å². The first kappa shape index (κ1) is 17.8. The van der Waals surface area contributed by atoms with E-state index >= 15 is 0 Å². The van der Waals surface area contributed by atoms with E-state index in [1.165, 1.54) is 5.56 Å². The highest BCUT2D eigenvalue weighted by Gasteiger charge is 2.20. The van der Waals surface area contributed by atoms with E-state index in [1.54, 1.807) is 6.08 Å². The lowest BCUT2D eigenvalue weighted by atomic mass is 10.1. The van der Waals surface area contributed by atoms with Crippen molar-refractivity contribution in [3.8, 4) is 0 Å². The maximum absolute atomic E-state index is 12.1.